The van der Waals surface area contributed by atoms with Crippen molar-refractivity contribution in [1.82, 2.24) is 0 Å². The molecule has 0 fully saturated rings. The fourth-order valence-electron chi connectivity index (χ4n) is 3.17. The van der Waals surface area contributed by atoms with Crippen molar-refractivity contribution in [3.05, 3.63) is 34.6 Å². The number of rotatable bonds is 1. The average Bonchev–Trinajstić information content (AvgIpc) is 2.72. The first-order valence-electron chi connectivity index (χ1n) is 6.40. The minimum Gasteiger partial charge on any atom is -0.492 e. The Kier molecular flexibility index (Phi) is 2.47. The predicted octanol–water partition coefficient (Wildman–Crippen LogP) is 4.58. The summed E-state index contributed by atoms with van der Waals surface area (Å²) in [5.74, 6) is 1.42. The molecule has 2 aromatic rings. The Balaban J connectivity index is 2.50. The van der Waals surface area contributed by atoms with Crippen molar-refractivity contribution in [1.29, 1.82) is 0 Å². The quantitative estimate of drug-likeness (QED) is 0.730. The number of allylic oxidation sites excluding steroid dienone is 1. The predicted molar refractivity (Wildman–Crippen MR) is 74.3 cm³/mol. The minimum absolute atomic E-state index is 0.539. The molecule has 1 heterocycles. The maximum absolute atomic E-state index is 5.69. The zero-order chi connectivity index (χ0) is 12.9. The molecule has 1 aromatic heterocycles. The number of ether oxygens (including phenoxy) is 1. The normalized spacial score (nSPS) is 18.1. The van der Waals surface area contributed by atoms with Crippen LogP contribution in [-0.2, 0) is 0 Å². The van der Waals surface area contributed by atoms with Crippen LogP contribution < -0.4 is 4.74 Å². The van der Waals surface area contributed by atoms with Crippen LogP contribution in [-0.4, -0.2) is 7.11 Å². The first-order valence-corrected chi connectivity index (χ1v) is 6.40. The molecular weight excluding hydrogens is 224 g/mol. The van der Waals surface area contributed by atoms with E-state index in [1.807, 2.05) is 6.26 Å². The van der Waals surface area contributed by atoms with Crippen molar-refractivity contribution in [3.8, 4) is 5.75 Å². The van der Waals surface area contributed by atoms with Crippen LogP contribution in [0, 0.1) is 13.8 Å². The number of hydrogen-bond acceptors (Lipinski definition) is 2. The smallest absolute Gasteiger partial charge is 0.176 e. The lowest BCUT2D eigenvalue weighted by Crippen LogP contribution is -2.05. The second kappa shape index (κ2) is 3.91. The van der Waals surface area contributed by atoms with Crippen molar-refractivity contribution in [2.24, 2.45) is 0 Å². The summed E-state index contributed by atoms with van der Waals surface area (Å²) in [4.78, 5) is 0. The van der Waals surface area contributed by atoms with E-state index in [0.29, 0.717) is 5.92 Å². The number of fused-ring (bicyclic) bond motifs is 2. The Morgan fingerprint density at radius 3 is 2.83 bits per heavy atom. The molecule has 0 radical (unpaired) electrons. The van der Waals surface area contributed by atoms with Crippen molar-refractivity contribution in [3.63, 3.8) is 0 Å². The Morgan fingerprint density at radius 1 is 1.33 bits per heavy atom. The monoisotopic (exact) mass is 242 g/mol. The van der Waals surface area contributed by atoms with Gasteiger partial charge in [0.1, 0.15) is 0 Å². The zero-order valence-corrected chi connectivity index (χ0v) is 11.3. The Bertz CT molecular complexity index is 647. The molecule has 2 nitrogen and oxygen atoms in total. The van der Waals surface area contributed by atoms with Gasteiger partial charge in [-0.1, -0.05) is 19.1 Å². The molecule has 1 atom stereocenters. The Morgan fingerprint density at radius 2 is 2.11 bits per heavy atom. The third-order valence-corrected chi connectivity index (χ3v) is 3.97. The fourth-order valence-corrected chi connectivity index (χ4v) is 3.17. The second-order valence-electron chi connectivity index (χ2n) is 5.15. The molecule has 2 heteroatoms. The van der Waals surface area contributed by atoms with Crippen LogP contribution >= 0.6 is 0 Å². The van der Waals surface area contributed by atoms with Gasteiger partial charge in [-0.25, -0.2) is 0 Å². The minimum atomic E-state index is 0.539. The molecule has 0 spiro atoms. The van der Waals surface area contributed by atoms with Crippen molar-refractivity contribution in [2.75, 3.05) is 7.11 Å². The molecule has 0 aliphatic heterocycles. The maximum Gasteiger partial charge on any atom is 0.176 e. The lowest BCUT2D eigenvalue weighted by Gasteiger charge is -2.23. The molecule has 0 N–H and O–H groups in total. The molecule has 1 aliphatic rings. The van der Waals surface area contributed by atoms with Crippen LogP contribution in [0.15, 0.2) is 16.8 Å². The number of hydrogen-bond donors (Lipinski definition) is 0. The van der Waals surface area contributed by atoms with Gasteiger partial charge in [0.2, 0.25) is 0 Å². The number of methoxy groups -OCH3 is 1. The van der Waals surface area contributed by atoms with Crippen LogP contribution in [0.1, 0.15) is 41.5 Å². The van der Waals surface area contributed by atoms with Crippen LogP contribution in [0.25, 0.3) is 17.0 Å². The number of furan rings is 1. The topological polar surface area (TPSA) is 22.4 Å². The SMILES string of the molecule is COc1c2c(c(C)c3c(C)coc13)[C@@H](C)CC=C2. The molecule has 0 saturated carbocycles. The van der Waals surface area contributed by atoms with E-state index in [2.05, 4.69) is 32.9 Å². The molecule has 94 valence electrons. The second-order valence-corrected chi connectivity index (χ2v) is 5.15. The van der Waals surface area contributed by atoms with Gasteiger partial charge in [0.25, 0.3) is 0 Å². The molecule has 0 unspecified atom stereocenters. The van der Waals surface area contributed by atoms with Crippen molar-refractivity contribution in [2.45, 2.75) is 33.1 Å². The van der Waals surface area contributed by atoms with E-state index in [4.69, 9.17) is 9.15 Å². The highest BCUT2D eigenvalue weighted by Gasteiger charge is 2.24. The Hall–Kier alpha value is -1.70. The summed E-state index contributed by atoms with van der Waals surface area (Å²) in [6.07, 6.45) is 7.30. The van der Waals surface area contributed by atoms with Gasteiger partial charge in [-0.2, -0.15) is 0 Å². The van der Waals surface area contributed by atoms with Gasteiger partial charge in [0.05, 0.1) is 13.4 Å². The standard InChI is InChI=1S/C16H18O2/c1-9-6-5-7-12-13(9)11(3)14-10(2)8-18-16(14)15(12)17-4/h5,7-9H,6H2,1-4H3/t9-/m0/s1. The van der Waals surface area contributed by atoms with Gasteiger partial charge in [0.15, 0.2) is 11.3 Å². The van der Waals surface area contributed by atoms with Crippen LogP contribution in [0.4, 0.5) is 0 Å². The fraction of sp³-hybridized carbons (Fsp3) is 0.375. The first-order chi connectivity index (χ1) is 8.65. The van der Waals surface area contributed by atoms with Gasteiger partial charge in [0, 0.05) is 10.9 Å². The molecule has 3 rings (SSSR count). The van der Waals surface area contributed by atoms with E-state index in [9.17, 15) is 0 Å². The molecule has 18 heavy (non-hydrogen) atoms. The molecule has 0 bridgehead atoms. The first kappa shape index (κ1) is 11.4. The lowest BCUT2D eigenvalue weighted by molar-refractivity contribution is 0.408. The Labute approximate surface area is 107 Å². The van der Waals surface area contributed by atoms with E-state index in [1.165, 1.54) is 27.6 Å². The maximum atomic E-state index is 5.69. The summed E-state index contributed by atoms with van der Waals surface area (Å²) in [6, 6.07) is 0. The van der Waals surface area contributed by atoms with Crippen LogP contribution in [0.3, 0.4) is 0 Å². The largest absolute Gasteiger partial charge is 0.492 e. The molecular formula is C16H18O2. The van der Waals surface area contributed by atoms with Gasteiger partial charge < -0.3 is 9.15 Å². The van der Waals surface area contributed by atoms with Gasteiger partial charge in [-0.3, -0.25) is 0 Å². The highest BCUT2D eigenvalue weighted by atomic mass is 16.5. The molecule has 0 saturated heterocycles. The van der Waals surface area contributed by atoms with E-state index in [0.717, 1.165) is 17.8 Å². The molecule has 0 amide bonds. The summed E-state index contributed by atoms with van der Waals surface area (Å²) < 4.78 is 11.3. The van der Waals surface area contributed by atoms with Crippen molar-refractivity contribution < 1.29 is 9.15 Å². The molecule has 1 aromatic carbocycles. The third-order valence-electron chi connectivity index (χ3n) is 3.97. The summed E-state index contributed by atoms with van der Waals surface area (Å²) >= 11 is 0. The summed E-state index contributed by atoms with van der Waals surface area (Å²) in [6.45, 7) is 6.56. The summed E-state index contributed by atoms with van der Waals surface area (Å²) in [7, 11) is 1.72. The van der Waals surface area contributed by atoms with Crippen molar-refractivity contribution >= 4 is 17.0 Å². The summed E-state index contributed by atoms with van der Waals surface area (Å²) in [5, 5.41) is 1.22. The third kappa shape index (κ3) is 1.35. The molecule has 1 aliphatic carbocycles. The summed E-state index contributed by atoms with van der Waals surface area (Å²) in [5.41, 5.74) is 6.00. The number of aryl methyl sites for hydroxylation is 2. The van der Waals surface area contributed by atoms with Gasteiger partial charge in [-0.15, -0.1) is 0 Å². The van der Waals surface area contributed by atoms with E-state index < -0.39 is 0 Å². The highest BCUT2D eigenvalue weighted by Crippen LogP contribution is 2.44. The van der Waals surface area contributed by atoms with Gasteiger partial charge >= 0.3 is 0 Å². The highest BCUT2D eigenvalue weighted by molar-refractivity contribution is 5.94. The van der Waals surface area contributed by atoms with Crippen LogP contribution in [0.2, 0.25) is 0 Å². The lowest BCUT2D eigenvalue weighted by atomic mass is 9.83. The van der Waals surface area contributed by atoms with E-state index in [1.54, 1.807) is 7.11 Å². The van der Waals surface area contributed by atoms with Crippen LogP contribution in [0.5, 0.6) is 5.75 Å². The number of benzene rings is 1. The average molecular weight is 242 g/mol. The van der Waals surface area contributed by atoms with E-state index in [-0.39, 0.29) is 0 Å². The van der Waals surface area contributed by atoms with Gasteiger partial charge in [-0.05, 0) is 42.9 Å². The van der Waals surface area contributed by atoms with E-state index >= 15 is 0 Å². The zero-order valence-electron chi connectivity index (χ0n) is 11.3.